The number of rotatable bonds is 2. The molecule has 0 amide bonds. The Balaban J connectivity index is 1.80. The van der Waals surface area contributed by atoms with Crippen LogP contribution in [0, 0.1) is 0 Å². The number of thiazole rings is 1. The van der Waals surface area contributed by atoms with Crippen LogP contribution in [0.2, 0.25) is 10.0 Å². The fourth-order valence-electron chi connectivity index (χ4n) is 2.38. The molecule has 0 radical (unpaired) electrons. The van der Waals surface area contributed by atoms with Crippen molar-refractivity contribution >= 4 is 50.4 Å². The van der Waals surface area contributed by atoms with Gasteiger partial charge in [-0.3, -0.25) is 4.40 Å². The second-order valence-corrected chi connectivity index (χ2v) is 6.31. The summed E-state index contributed by atoms with van der Waals surface area (Å²) in [7, 11) is 0. The smallest absolute Gasteiger partial charge is 0.193 e. The minimum atomic E-state index is 0.647. The first kappa shape index (κ1) is 12.3. The third-order valence-electron chi connectivity index (χ3n) is 3.28. The van der Waals surface area contributed by atoms with Gasteiger partial charge in [0.15, 0.2) is 4.96 Å². The van der Waals surface area contributed by atoms with Gasteiger partial charge in [0.1, 0.15) is 0 Å². The van der Waals surface area contributed by atoms with E-state index in [-0.39, 0.29) is 0 Å². The van der Waals surface area contributed by atoms with Crippen LogP contribution in [-0.2, 0) is 6.54 Å². The largest absolute Gasteiger partial charge is 0.341 e. The van der Waals surface area contributed by atoms with E-state index in [2.05, 4.69) is 9.55 Å². The molecule has 3 aromatic heterocycles. The molecule has 0 aliphatic carbocycles. The predicted octanol–water partition coefficient (Wildman–Crippen LogP) is 4.71. The van der Waals surface area contributed by atoms with Gasteiger partial charge in [-0.15, -0.1) is 11.3 Å². The third kappa shape index (κ3) is 1.92. The fraction of sp³-hybridized carbons (Fsp3) is 0.0714. The van der Waals surface area contributed by atoms with Crippen LogP contribution in [0.4, 0.5) is 0 Å². The highest BCUT2D eigenvalue weighted by Gasteiger charge is 2.09. The van der Waals surface area contributed by atoms with Crippen molar-refractivity contribution in [2.75, 3.05) is 0 Å². The minimum absolute atomic E-state index is 0.647. The second-order valence-electron chi connectivity index (χ2n) is 4.59. The minimum Gasteiger partial charge on any atom is -0.341 e. The van der Waals surface area contributed by atoms with Gasteiger partial charge in [0.2, 0.25) is 0 Å². The zero-order chi connectivity index (χ0) is 13.7. The zero-order valence-electron chi connectivity index (χ0n) is 10.3. The molecule has 0 saturated carbocycles. The van der Waals surface area contributed by atoms with E-state index >= 15 is 0 Å². The van der Waals surface area contributed by atoms with E-state index in [1.807, 2.05) is 40.5 Å². The first-order valence-corrected chi connectivity index (χ1v) is 7.69. The number of nitrogens with zero attached hydrogens (tertiary/aromatic N) is 3. The molecule has 3 nitrogen and oxygen atoms in total. The van der Waals surface area contributed by atoms with Crippen molar-refractivity contribution in [1.29, 1.82) is 0 Å². The molecule has 3 heterocycles. The second kappa shape index (κ2) is 4.52. The van der Waals surface area contributed by atoms with Crippen LogP contribution in [-0.4, -0.2) is 14.0 Å². The van der Waals surface area contributed by atoms with E-state index in [1.165, 1.54) is 0 Å². The van der Waals surface area contributed by atoms with Gasteiger partial charge >= 0.3 is 0 Å². The third-order valence-corrected chi connectivity index (χ3v) is 4.58. The van der Waals surface area contributed by atoms with Gasteiger partial charge in [0.05, 0.1) is 22.8 Å². The van der Waals surface area contributed by atoms with Gasteiger partial charge in [-0.25, -0.2) is 4.98 Å². The molecule has 4 rings (SSSR count). The molecule has 0 fully saturated rings. The standard InChI is InChI=1S/C14H9Cl2N3S/c15-9-5-12(16)11-1-2-18(13(11)6-9)7-10-8-19-3-4-20-14(19)17-10/h1-6,8H,7H2. The van der Waals surface area contributed by atoms with Crippen LogP contribution in [0.1, 0.15) is 5.69 Å². The van der Waals surface area contributed by atoms with Crippen LogP contribution in [0.3, 0.4) is 0 Å². The van der Waals surface area contributed by atoms with E-state index in [4.69, 9.17) is 23.2 Å². The fourth-order valence-corrected chi connectivity index (χ4v) is 3.65. The Morgan fingerprint density at radius 2 is 2.10 bits per heavy atom. The van der Waals surface area contributed by atoms with Crippen molar-refractivity contribution in [3.05, 3.63) is 57.9 Å². The Labute approximate surface area is 129 Å². The van der Waals surface area contributed by atoms with E-state index < -0.39 is 0 Å². The van der Waals surface area contributed by atoms with Crippen molar-refractivity contribution in [1.82, 2.24) is 14.0 Å². The topological polar surface area (TPSA) is 22.2 Å². The molecule has 0 spiro atoms. The number of halogens is 2. The summed E-state index contributed by atoms with van der Waals surface area (Å²) in [6.07, 6.45) is 6.07. The lowest BCUT2D eigenvalue weighted by Gasteiger charge is -2.04. The highest BCUT2D eigenvalue weighted by molar-refractivity contribution is 7.15. The number of aromatic nitrogens is 3. The molecule has 6 heteroatoms. The molecule has 1 aromatic carbocycles. The van der Waals surface area contributed by atoms with Gasteiger partial charge in [0, 0.05) is 34.4 Å². The van der Waals surface area contributed by atoms with Crippen molar-refractivity contribution in [3.8, 4) is 0 Å². The van der Waals surface area contributed by atoms with Gasteiger partial charge < -0.3 is 4.57 Å². The predicted molar refractivity (Wildman–Crippen MR) is 84.1 cm³/mol. The molecular weight excluding hydrogens is 313 g/mol. The van der Waals surface area contributed by atoms with E-state index in [9.17, 15) is 0 Å². The summed E-state index contributed by atoms with van der Waals surface area (Å²) < 4.78 is 4.14. The summed E-state index contributed by atoms with van der Waals surface area (Å²) in [5.41, 5.74) is 2.05. The lowest BCUT2D eigenvalue weighted by atomic mass is 10.2. The summed E-state index contributed by atoms with van der Waals surface area (Å²) in [5.74, 6) is 0. The average molecular weight is 322 g/mol. The molecule has 20 heavy (non-hydrogen) atoms. The first-order chi connectivity index (χ1) is 9.70. The lowest BCUT2D eigenvalue weighted by Crippen LogP contribution is -1.98. The molecule has 0 bridgehead atoms. The van der Waals surface area contributed by atoms with E-state index in [0.717, 1.165) is 21.6 Å². The molecule has 0 aliphatic rings. The van der Waals surface area contributed by atoms with E-state index in [0.29, 0.717) is 16.6 Å². The first-order valence-electron chi connectivity index (χ1n) is 6.06. The van der Waals surface area contributed by atoms with Crippen molar-refractivity contribution < 1.29 is 0 Å². The Morgan fingerprint density at radius 1 is 1.20 bits per heavy atom. The number of benzene rings is 1. The highest BCUT2D eigenvalue weighted by atomic mass is 35.5. The van der Waals surface area contributed by atoms with Crippen LogP contribution in [0.15, 0.2) is 42.2 Å². The maximum absolute atomic E-state index is 6.21. The Hall–Kier alpha value is -1.49. The maximum Gasteiger partial charge on any atom is 0.193 e. The van der Waals surface area contributed by atoms with Gasteiger partial charge in [-0.1, -0.05) is 23.2 Å². The van der Waals surface area contributed by atoms with Gasteiger partial charge in [0.25, 0.3) is 0 Å². The highest BCUT2D eigenvalue weighted by Crippen LogP contribution is 2.29. The molecule has 4 aromatic rings. The molecule has 0 atom stereocenters. The summed E-state index contributed by atoms with van der Waals surface area (Å²) >= 11 is 13.9. The van der Waals surface area contributed by atoms with Crippen molar-refractivity contribution in [3.63, 3.8) is 0 Å². The quantitative estimate of drug-likeness (QED) is 0.524. The summed E-state index contributed by atoms with van der Waals surface area (Å²) in [5, 5.41) is 4.36. The van der Waals surface area contributed by atoms with Crippen molar-refractivity contribution in [2.24, 2.45) is 0 Å². The summed E-state index contributed by atoms with van der Waals surface area (Å²) in [6.45, 7) is 0.703. The SMILES string of the molecule is Clc1cc(Cl)c2ccn(Cc3cn4ccsc4n3)c2c1. The molecule has 0 unspecified atom stereocenters. The summed E-state index contributed by atoms with van der Waals surface area (Å²) in [4.78, 5) is 5.60. The maximum atomic E-state index is 6.21. The number of hydrogen-bond donors (Lipinski definition) is 0. The monoisotopic (exact) mass is 321 g/mol. The van der Waals surface area contributed by atoms with Crippen LogP contribution in [0.5, 0.6) is 0 Å². The lowest BCUT2D eigenvalue weighted by molar-refractivity contribution is 0.815. The number of fused-ring (bicyclic) bond motifs is 2. The van der Waals surface area contributed by atoms with Crippen LogP contribution >= 0.6 is 34.5 Å². The molecular formula is C14H9Cl2N3S. The molecule has 0 aliphatic heterocycles. The molecule has 0 N–H and O–H groups in total. The Morgan fingerprint density at radius 3 is 2.95 bits per heavy atom. The Kier molecular flexibility index (Phi) is 2.77. The van der Waals surface area contributed by atoms with Gasteiger partial charge in [-0.2, -0.15) is 0 Å². The van der Waals surface area contributed by atoms with Gasteiger partial charge in [-0.05, 0) is 18.2 Å². The van der Waals surface area contributed by atoms with Crippen LogP contribution in [0.25, 0.3) is 15.9 Å². The normalized spacial score (nSPS) is 11.7. The van der Waals surface area contributed by atoms with Crippen LogP contribution < -0.4 is 0 Å². The average Bonchev–Trinajstić information content (AvgIpc) is 3.04. The Bertz CT molecular complexity index is 891. The summed E-state index contributed by atoms with van der Waals surface area (Å²) in [6, 6.07) is 5.70. The molecule has 0 saturated heterocycles. The molecule has 100 valence electrons. The number of hydrogen-bond acceptors (Lipinski definition) is 2. The van der Waals surface area contributed by atoms with Crippen molar-refractivity contribution in [2.45, 2.75) is 6.54 Å². The number of imidazole rings is 1. The van der Waals surface area contributed by atoms with E-state index in [1.54, 1.807) is 17.4 Å². The zero-order valence-corrected chi connectivity index (χ0v) is 12.6.